The van der Waals surface area contributed by atoms with Crippen molar-refractivity contribution >= 4 is 18.0 Å². The molecule has 0 saturated carbocycles. The Morgan fingerprint density at radius 3 is 2.31 bits per heavy atom. The van der Waals surface area contributed by atoms with Gasteiger partial charge in [-0.25, -0.2) is 14.4 Å². The lowest BCUT2D eigenvalue weighted by molar-refractivity contribution is -0.134. The number of nitrogens with one attached hydrogen (secondary N) is 1. The molecule has 1 aromatic rings. The highest BCUT2D eigenvalue weighted by molar-refractivity contribution is 5.89. The van der Waals surface area contributed by atoms with Gasteiger partial charge in [0.1, 0.15) is 12.7 Å². The minimum Gasteiger partial charge on any atom is -0.486 e. The van der Waals surface area contributed by atoms with E-state index in [4.69, 9.17) is 19.7 Å². The normalized spacial score (nSPS) is 21.1. The molecule has 3 aliphatic heterocycles. The molecule has 2 fully saturated rings. The quantitative estimate of drug-likeness (QED) is 0.559. The number of fused-ring (bicyclic) bond motifs is 1. The number of amides is 2. The van der Waals surface area contributed by atoms with Crippen LogP contribution in [0.2, 0.25) is 0 Å². The molecule has 0 bridgehead atoms. The van der Waals surface area contributed by atoms with Gasteiger partial charge in [0.2, 0.25) is 0 Å². The molecule has 32 heavy (non-hydrogen) atoms. The first-order chi connectivity index (χ1) is 15.4. The third kappa shape index (κ3) is 6.88. The van der Waals surface area contributed by atoms with Crippen LogP contribution in [0.25, 0.3) is 0 Å². The maximum absolute atomic E-state index is 11.8. The maximum atomic E-state index is 11.8. The Bertz CT molecular complexity index is 821. The molecule has 10 nitrogen and oxygen atoms in total. The van der Waals surface area contributed by atoms with E-state index in [2.05, 4.69) is 10.2 Å². The van der Waals surface area contributed by atoms with Crippen molar-refractivity contribution in [3.63, 3.8) is 0 Å². The number of piperidine rings is 1. The van der Waals surface area contributed by atoms with E-state index in [9.17, 15) is 14.4 Å². The van der Waals surface area contributed by atoms with Crippen LogP contribution in [-0.2, 0) is 9.59 Å². The van der Waals surface area contributed by atoms with Crippen LogP contribution in [0.1, 0.15) is 19.3 Å². The number of benzene rings is 1. The van der Waals surface area contributed by atoms with Crippen molar-refractivity contribution in [1.82, 2.24) is 15.1 Å². The van der Waals surface area contributed by atoms with Crippen molar-refractivity contribution in [3.8, 4) is 11.5 Å². The Morgan fingerprint density at radius 2 is 1.72 bits per heavy atom. The summed E-state index contributed by atoms with van der Waals surface area (Å²) in [6.07, 6.45) is 4.35. The molecule has 2 saturated heterocycles. The van der Waals surface area contributed by atoms with Crippen LogP contribution < -0.4 is 14.8 Å². The van der Waals surface area contributed by atoms with Gasteiger partial charge in [-0.15, -0.1) is 0 Å². The molecule has 1 aromatic carbocycles. The molecule has 2 amide bonds. The molecule has 10 heteroatoms. The average molecular weight is 447 g/mol. The Labute approximate surface area is 186 Å². The number of carbonyl (C=O) groups excluding carboxylic acids is 1. The highest BCUT2D eigenvalue weighted by Crippen LogP contribution is 2.31. The first kappa shape index (κ1) is 23.4. The summed E-state index contributed by atoms with van der Waals surface area (Å²) in [6, 6.07) is 8.38. The highest BCUT2D eigenvalue weighted by Gasteiger charge is 2.31. The summed E-state index contributed by atoms with van der Waals surface area (Å²) in [4.78, 5) is 35.4. The van der Waals surface area contributed by atoms with Gasteiger partial charge in [0.25, 0.3) is 0 Å². The van der Waals surface area contributed by atoms with Gasteiger partial charge in [-0.3, -0.25) is 0 Å². The zero-order chi connectivity index (χ0) is 22.9. The van der Waals surface area contributed by atoms with E-state index < -0.39 is 11.9 Å². The molecule has 0 spiro atoms. The van der Waals surface area contributed by atoms with E-state index in [1.54, 1.807) is 0 Å². The Morgan fingerprint density at radius 1 is 1.06 bits per heavy atom. The molecule has 0 aromatic heterocycles. The lowest BCUT2D eigenvalue weighted by atomic mass is 10.0. The second kappa shape index (κ2) is 11.4. The van der Waals surface area contributed by atoms with E-state index in [0.717, 1.165) is 63.5 Å². The summed E-state index contributed by atoms with van der Waals surface area (Å²) in [5, 5.41) is 18.5. The number of hydrogen-bond acceptors (Lipinski definition) is 6. The van der Waals surface area contributed by atoms with Crippen molar-refractivity contribution in [1.29, 1.82) is 0 Å². The Balaban J connectivity index is 0.000000312. The molecule has 0 radical (unpaired) electrons. The number of carboxylic acid groups (broad SMARTS) is 2. The second-order valence-electron chi connectivity index (χ2n) is 7.79. The molecular formula is C22H29N3O7. The average Bonchev–Trinajstić information content (AvgIpc) is 3.23. The van der Waals surface area contributed by atoms with E-state index in [0.29, 0.717) is 24.8 Å². The van der Waals surface area contributed by atoms with Gasteiger partial charge >= 0.3 is 18.0 Å². The standard InChI is InChI=1S/C18H25N3O3.C4H4O4/c22-18-19-8-12-21(18)14-5-9-20(10-6-14)11-7-15-13-23-16-3-1-2-4-17(16)24-15;5-3(6)1-2-4(7)8/h1-4,14-15H,5-13H2,(H,19,22);1-2H,(H,5,6)(H,7,8). The second-order valence-corrected chi connectivity index (χ2v) is 7.79. The van der Waals surface area contributed by atoms with Gasteiger partial charge < -0.3 is 34.8 Å². The fourth-order valence-corrected chi connectivity index (χ4v) is 3.96. The largest absolute Gasteiger partial charge is 0.486 e. The molecule has 3 heterocycles. The summed E-state index contributed by atoms with van der Waals surface area (Å²) in [5.41, 5.74) is 0. The minimum absolute atomic E-state index is 0.111. The third-order valence-corrected chi connectivity index (χ3v) is 5.59. The zero-order valence-electron chi connectivity index (χ0n) is 17.8. The molecular weight excluding hydrogens is 418 g/mol. The smallest absolute Gasteiger partial charge is 0.328 e. The molecule has 1 atom stereocenters. The molecule has 4 rings (SSSR count). The van der Waals surface area contributed by atoms with Crippen LogP contribution in [0.4, 0.5) is 4.79 Å². The number of urea groups is 1. The van der Waals surface area contributed by atoms with Crippen molar-refractivity contribution in [3.05, 3.63) is 36.4 Å². The molecule has 0 aliphatic carbocycles. The van der Waals surface area contributed by atoms with E-state index in [-0.39, 0.29) is 12.1 Å². The number of aliphatic carboxylic acids is 2. The third-order valence-electron chi connectivity index (χ3n) is 5.59. The first-order valence-corrected chi connectivity index (χ1v) is 10.7. The van der Waals surface area contributed by atoms with Gasteiger partial charge in [-0.05, 0) is 25.0 Å². The van der Waals surface area contributed by atoms with Crippen LogP contribution in [0.15, 0.2) is 36.4 Å². The fraction of sp³-hybridized carbons (Fsp3) is 0.500. The predicted octanol–water partition coefficient (Wildman–Crippen LogP) is 1.42. The summed E-state index contributed by atoms with van der Waals surface area (Å²) in [6.45, 7) is 5.41. The van der Waals surface area contributed by atoms with Crippen LogP contribution in [0, 0.1) is 0 Å². The van der Waals surface area contributed by atoms with Crippen LogP contribution in [0.3, 0.4) is 0 Å². The number of rotatable bonds is 6. The number of carboxylic acids is 2. The molecule has 174 valence electrons. The SMILES string of the molecule is O=C(O)C=CC(=O)O.O=C1NCCN1C1CCN(CCC2COc3ccccc3O2)CC1. The lowest BCUT2D eigenvalue weighted by Gasteiger charge is -2.36. The zero-order valence-corrected chi connectivity index (χ0v) is 17.8. The van der Waals surface area contributed by atoms with Gasteiger partial charge in [0, 0.05) is 57.3 Å². The van der Waals surface area contributed by atoms with E-state index in [1.165, 1.54) is 0 Å². The van der Waals surface area contributed by atoms with Crippen molar-refractivity contribution < 1.29 is 34.1 Å². The predicted molar refractivity (Wildman–Crippen MR) is 115 cm³/mol. The van der Waals surface area contributed by atoms with Gasteiger partial charge in [0.15, 0.2) is 11.5 Å². The number of carbonyl (C=O) groups is 3. The highest BCUT2D eigenvalue weighted by atomic mass is 16.6. The van der Waals surface area contributed by atoms with Gasteiger partial charge in [0.05, 0.1) is 0 Å². The lowest BCUT2D eigenvalue weighted by Crippen LogP contribution is -2.46. The molecule has 1 unspecified atom stereocenters. The van der Waals surface area contributed by atoms with Crippen molar-refractivity contribution in [2.24, 2.45) is 0 Å². The number of nitrogens with zero attached hydrogens (tertiary/aromatic N) is 2. The molecule has 3 N–H and O–H groups in total. The van der Waals surface area contributed by atoms with Gasteiger partial charge in [-0.2, -0.15) is 0 Å². The monoisotopic (exact) mass is 447 g/mol. The molecule has 3 aliphatic rings. The minimum atomic E-state index is -1.26. The summed E-state index contributed by atoms with van der Waals surface area (Å²) in [7, 11) is 0. The van der Waals surface area contributed by atoms with Crippen LogP contribution >= 0.6 is 0 Å². The van der Waals surface area contributed by atoms with Crippen molar-refractivity contribution in [2.45, 2.75) is 31.4 Å². The Kier molecular flexibility index (Phi) is 8.32. The topological polar surface area (TPSA) is 129 Å². The van der Waals surface area contributed by atoms with Crippen LogP contribution in [-0.4, -0.2) is 89.5 Å². The van der Waals surface area contributed by atoms with Gasteiger partial charge in [-0.1, -0.05) is 12.1 Å². The summed E-state index contributed by atoms with van der Waals surface area (Å²) >= 11 is 0. The van der Waals surface area contributed by atoms with E-state index >= 15 is 0 Å². The fourth-order valence-electron chi connectivity index (χ4n) is 3.96. The number of para-hydroxylation sites is 2. The number of ether oxygens (including phenoxy) is 2. The maximum Gasteiger partial charge on any atom is 0.328 e. The summed E-state index contributed by atoms with van der Waals surface area (Å²) in [5.74, 6) is -0.814. The first-order valence-electron chi connectivity index (χ1n) is 10.7. The Hall–Kier alpha value is -3.27. The van der Waals surface area contributed by atoms with Crippen molar-refractivity contribution in [2.75, 3.05) is 39.3 Å². The van der Waals surface area contributed by atoms with Crippen LogP contribution in [0.5, 0.6) is 11.5 Å². The summed E-state index contributed by atoms with van der Waals surface area (Å²) < 4.78 is 11.8. The number of likely N-dealkylation sites (tertiary alicyclic amines) is 1. The van der Waals surface area contributed by atoms with E-state index in [1.807, 2.05) is 29.2 Å². The number of hydrogen-bond donors (Lipinski definition) is 3.